The van der Waals surface area contributed by atoms with Gasteiger partial charge in [0.1, 0.15) is 5.67 Å². The van der Waals surface area contributed by atoms with Gasteiger partial charge in [0.05, 0.1) is 5.69 Å². The van der Waals surface area contributed by atoms with E-state index in [1.165, 1.54) is 0 Å². The standard InChI is InChI=1S/C14H24FN3/c1-3-11(2)18-9-6-13(17-18)10-14(15)7-4-12(16)5-8-14/h6,9,11-12H,3-5,7-8,10,16H2,1-2H3. The fraction of sp³-hybridized carbons (Fsp3) is 0.786. The normalized spacial score (nSPS) is 30.3. The van der Waals surface area contributed by atoms with E-state index in [1.807, 2.05) is 16.9 Å². The van der Waals surface area contributed by atoms with Gasteiger partial charge in [-0.15, -0.1) is 0 Å². The minimum Gasteiger partial charge on any atom is -0.328 e. The molecule has 2 rings (SSSR count). The number of nitrogens with zero attached hydrogens (tertiary/aromatic N) is 2. The van der Waals surface area contributed by atoms with E-state index in [0.29, 0.717) is 25.3 Å². The zero-order chi connectivity index (χ0) is 13.2. The molecule has 1 fully saturated rings. The van der Waals surface area contributed by atoms with Crippen LogP contribution in [0.15, 0.2) is 12.3 Å². The molecular formula is C14H24FN3. The summed E-state index contributed by atoms with van der Waals surface area (Å²) in [4.78, 5) is 0. The number of aromatic nitrogens is 2. The Morgan fingerprint density at radius 1 is 1.56 bits per heavy atom. The molecule has 0 radical (unpaired) electrons. The molecule has 0 amide bonds. The van der Waals surface area contributed by atoms with Gasteiger partial charge < -0.3 is 5.73 Å². The first-order valence-electron chi connectivity index (χ1n) is 7.01. The van der Waals surface area contributed by atoms with Crippen LogP contribution in [0.1, 0.15) is 57.7 Å². The summed E-state index contributed by atoms with van der Waals surface area (Å²) in [6.45, 7) is 4.26. The average molecular weight is 253 g/mol. The molecular weight excluding hydrogens is 229 g/mol. The first-order valence-corrected chi connectivity index (χ1v) is 7.01. The lowest BCUT2D eigenvalue weighted by Gasteiger charge is -2.31. The van der Waals surface area contributed by atoms with E-state index < -0.39 is 5.67 Å². The molecule has 1 unspecified atom stereocenters. The molecule has 0 aromatic carbocycles. The van der Waals surface area contributed by atoms with Gasteiger partial charge in [-0.2, -0.15) is 5.10 Å². The van der Waals surface area contributed by atoms with Crippen molar-refractivity contribution < 1.29 is 4.39 Å². The van der Waals surface area contributed by atoms with Crippen LogP contribution in [0.2, 0.25) is 0 Å². The number of halogens is 1. The molecule has 102 valence electrons. The fourth-order valence-electron chi connectivity index (χ4n) is 2.56. The summed E-state index contributed by atoms with van der Waals surface area (Å²) >= 11 is 0. The van der Waals surface area contributed by atoms with Gasteiger partial charge in [0, 0.05) is 24.7 Å². The smallest absolute Gasteiger partial charge is 0.116 e. The van der Waals surface area contributed by atoms with E-state index >= 15 is 0 Å². The van der Waals surface area contributed by atoms with Crippen molar-refractivity contribution in [3.63, 3.8) is 0 Å². The summed E-state index contributed by atoms with van der Waals surface area (Å²) in [6.07, 6.45) is 6.17. The molecule has 1 aliphatic rings. The first kappa shape index (κ1) is 13.5. The summed E-state index contributed by atoms with van der Waals surface area (Å²) in [6, 6.07) is 2.52. The third-order valence-electron chi connectivity index (χ3n) is 4.13. The van der Waals surface area contributed by atoms with Gasteiger partial charge in [-0.25, -0.2) is 4.39 Å². The third kappa shape index (κ3) is 3.10. The lowest BCUT2D eigenvalue weighted by Crippen LogP contribution is -2.37. The maximum absolute atomic E-state index is 14.6. The summed E-state index contributed by atoms with van der Waals surface area (Å²) in [5.74, 6) is 0. The molecule has 0 spiro atoms. The van der Waals surface area contributed by atoms with Gasteiger partial charge in [-0.3, -0.25) is 4.68 Å². The summed E-state index contributed by atoms with van der Waals surface area (Å²) in [5, 5.41) is 4.48. The third-order valence-corrected chi connectivity index (χ3v) is 4.13. The first-order chi connectivity index (χ1) is 8.52. The molecule has 18 heavy (non-hydrogen) atoms. The molecule has 1 atom stereocenters. The van der Waals surface area contributed by atoms with Gasteiger partial charge in [0.15, 0.2) is 0 Å². The molecule has 3 nitrogen and oxygen atoms in total. The Hall–Kier alpha value is -0.900. The van der Waals surface area contributed by atoms with Crippen molar-refractivity contribution in [1.29, 1.82) is 0 Å². The molecule has 2 N–H and O–H groups in total. The van der Waals surface area contributed by atoms with Gasteiger partial charge in [-0.05, 0) is 45.1 Å². The maximum atomic E-state index is 14.6. The highest BCUT2D eigenvalue weighted by Crippen LogP contribution is 2.34. The minimum atomic E-state index is -1.09. The van der Waals surface area contributed by atoms with Crippen LogP contribution in [0.3, 0.4) is 0 Å². The molecule has 1 aromatic heterocycles. The van der Waals surface area contributed by atoms with Crippen molar-refractivity contribution in [2.45, 2.75) is 70.1 Å². The Morgan fingerprint density at radius 2 is 2.22 bits per heavy atom. The van der Waals surface area contributed by atoms with Crippen molar-refractivity contribution in [3.05, 3.63) is 18.0 Å². The zero-order valence-corrected chi connectivity index (χ0v) is 11.4. The van der Waals surface area contributed by atoms with Crippen LogP contribution in [-0.2, 0) is 6.42 Å². The Kier molecular flexibility index (Phi) is 4.05. The quantitative estimate of drug-likeness (QED) is 0.896. The van der Waals surface area contributed by atoms with Crippen LogP contribution in [-0.4, -0.2) is 21.5 Å². The molecule has 1 saturated carbocycles. The topological polar surface area (TPSA) is 43.8 Å². The van der Waals surface area contributed by atoms with Gasteiger partial charge in [-0.1, -0.05) is 6.92 Å². The van der Waals surface area contributed by atoms with Crippen molar-refractivity contribution in [2.24, 2.45) is 5.73 Å². The van der Waals surface area contributed by atoms with Crippen LogP contribution < -0.4 is 5.73 Å². The van der Waals surface area contributed by atoms with E-state index in [0.717, 1.165) is 25.0 Å². The number of hydrogen-bond acceptors (Lipinski definition) is 2. The highest BCUT2D eigenvalue weighted by atomic mass is 19.1. The van der Waals surface area contributed by atoms with Crippen LogP contribution >= 0.6 is 0 Å². The van der Waals surface area contributed by atoms with Crippen LogP contribution in [0, 0.1) is 0 Å². The highest BCUT2D eigenvalue weighted by molar-refractivity contribution is 5.06. The van der Waals surface area contributed by atoms with E-state index in [1.54, 1.807) is 0 Å². The molecule has 0 bridgehead atoms. The second-order valence-electron chi connectivity index (χ2n) is 5.71. The van der Waals surface area contributed by atoms with E-state index in [4.69, 9.17) is 5.73 Å². The van der Waals surface area contributed by atoms with Crippen molar-refractivity contribution in [1.82, 2.24) is 9.78 Å². The van der Waals surface area contributed by atoms with Gasteiger partial charge >= 0.3 is 0 Å². The predicted molar refractivity (Wildman–Crippen MR) is 71.2 cm³/mol. The zero-order valence-electron chi connectivity index (χ0n) is 11.4. The SMILES string of the molecule is CCC(C)n1ccc(CC2(F)CCC(N)CC2)n1. The fourth-order valence-corrected chi connectivity index (χ4v) is 2.56. The molecule has 0 aliphatic heterocycles. The van der Waals surface area contributed by atoms with E-state index in [9.17, 15) is 4.39 Å². The molecule has 0 saturated heterocycles. The summed E-state index contributed by atoms with van der Waals surface area (Å²) < 4.78 is 16.6. The Bertz CT molecular complexity index is 380. The largest absolute Gasteiger partial charge is 0.328 e. The average Bonchev–Trinajstić information content (AvgIpc) is 2.80. The minimum absolute atomic E-state index is 0.187. The van der Waals surface area contributed by atoms with Crippen molar-refractivity contribution in [2.75, 3.05) is 0 Å². The van der Waals surface area contributed by atoms with Crippen molar-refractivity contribution >= 4 is 0 Å². The highest BCUT2D eigenvalue weighted by Gasteiger charge is 2.35. The van der Waals surface area contributed by atoms with Gasteiger partial charge in [0.25, 0.3) is 0 Å². The second-order valence-corrected chi connectivity index (χ2v) is 5.71. The number of nitrogens with two attached hydrogens (primary N) is 1. The number of rotatable bonds is 4. The summed E-state index contributed by atoms with van der Waals surface area (Å²) in [7, 11) is 0. The monoisotopic (exact) mass is 253 g/mol. The Balaban J connectivity index is 1.98. The van der Waals surface area contributed by atoms with Crippen LogP contribution in [0.5, 0.6) is 0 Å². The number of hydrogen-bond donors (Lipinski definition) is 1. The molecule has 1 aromatic rings. The van der Waals surface area contributed by atoms with Gasteiger partial charge in [0.2, 0.25) is 0 Å². The maximum Gasteiger partial charge on any atom is 0.116 e. The summed E-state index contributed by atoms with van der Waals surface area (Å²) in [5.41, 5.74) is 5.60. The Morgan fingerprint density at radius 3 is 2.83 bits per heavy atom. The van der Waals surface area contributed by atoms with Crippen molar-refractivity contribution in [3.8, 4) is 0 Å². The van der Waals surface area contributed by atoms with Crippen LogP contribution in [0.25, 0.3) is 0 Å². The lowest BCUT2D eigenvalue weighted by molar-refractivity contribution is 0.0981. The molecule has 1 aliphatic carbocycles. The number of alkyl halides is 1. The lowest BCUT2D eigenvalue weighted by atomic mass is 9.81. The second kappa shape index (κ2) is 5.39. The van der Waals surface area contributed by atoms with E-state index in [2.05, 4.69) is 18.9 Å². The van der Waals surface area contributed by atoms with E-state index in [-0.39, 0.29) is 6.04 Å². The Labute approximate surface area is 109 Å². The molecule has 4 heteroatoms. The molecule has 1 heterocycles. The predicted octanol–water partition coefficient (Wildman–Crippen LogP) is 3.01. The van der Waals surface area contributed by atoms with Crippen LogP contribution in [0.4, 0.5) is 4.39 Å².